The number of amides is 1. The molecule has 0 aromatic heterocycles. The van der Waals surface area contributed by atoms with E-state index >= 15 is 0 Å². The Morgan fingerprint density at radius 3 is 2.03 bits per heavy atom. The Morgan fingerprint density at radius 1 is 1.00 bits per heavy atom. The van der Waals surface area contributed by atoms with Crippen molar-refractivity contribution < 1.29 is 57.4 Å². The molecule has 1 heterocycles. The Balaban J connectivity index is 0.000000804. The van der Waals surface area contributed by atoms with Crippen LogP contribution in [0.1, 0.15) is 18.1 Å². The van der Waals surface area contributed by atoms with Gasteiger partial charge in [-0.2, -0.15) is 31.4 Å². The number of thioether (sulfide) groups is 1. The van der Waals surface area contributed by atoms with E-state index in [2.05, 4.69) is 16.4 Å². The molecule has 1 fully saturated rings. The number of rotatable bonds is 3. The van der Waals surface area contributed by atoms with Crippen LogP contribution in [0, 0.1) is 6.07 Å². The van der Waals surface area contributed by atoms with Crippen molar-refractivity contribution in [1.29, 1.82) is 0 Å². The van der Waals surface area contributed by atoms with Crippen LogP contribution in [-0.2, 0) is 15.8 Å². The van der Waals surface area contributed by atoms with Gasteiger partial charge in [0.2, 0.25) is 0 Å². The minimum Gasteiger partial charge on any atom is -0.481 e. The molecule has 4 rings (SSSR count). The van der Waals surface area contributed by atoms with Crippen LogP contribution in [-0.4, -0.2) is 22.2 Å². The summed E-state index contributed by atoms with van der Waals surface area (Å²) in [5.41, 5.74) is 2.32. The van der Waals surface area contributed by atoms with E-state index in [1.165, 1.54) is 23.9 Å². The van der Waals surface area contributed by atoms with Gasteiger partial charge in [0, 0.05) is 6.92 Å². The number of carbonyl (C=O) groups excluding carboxylic acids is 1. The number of benzene rings is 3. The van der Waals surface area contributed by atoms with Crippen molar-refractivity contribution in [2.45, 2.75) is 13.1 Å². The number of hydrogen-bond donors (Lipinski definition) is 2. The second kappa shape index (κ2) is 12.7. The zero-order valence-corrected chi connectivity index (χ0v) is 21.6. The second-order valence-corrected chi connectivity index (χ2v) is 7.99. The zero-order chi connectivity index (χ0) is 24.7. The molecule has 0 radical (unpaired) electrons. The molecule has 0 saturated carbocycles. The second-order valence-electron chi connectivity index (χ2n) is 6.96. The third kappa shape index (κ3) is 8.70. The van der Waals surface area contributed by atoms with Gasteiger partial charge in [0.1, 0.15) is 0 Å². The van der Waals surface area contributed by atoms with Gasteiger partial charge in [-0.05, 0) is 52.3 Å². The van der Waals surface area contributed by atoms with E-state index in [9.17, 15) is 18.0 Å². The van der Waals surface area contributed by atoms with Gasteiger partial charge in [-0.15, -0.1) is 12.1 Å². The van der Waals surface area contributed by atoms with Gasteiger partial charge >= 0.3 is 35.7 Å². The molecule has 1 aliphatic rings. The first-order valence-corrected chi connectivity index (χ1v) is 10.7. The maximum atomic E-state index is 12.7. The molecule has 5 nitrogen and oxygen atoms in total. The molecule has 10 heteroatoms. The van der Waals surface area contributed by atoms with E-state index in [0.29, 0.717) is 15.6 Å². The summed E-state index contributed by atoms with van der Waals surface area (Å²) >= 11 is 1.25. The Morgan fingerprint density at radius 2 is 1.51 bits per heavy atom. The topological polar surface area (TPSA) is 78.8 Å². The van der Waals surface area contributed by atoms with Crippen molar-refractivity contribution in [2.75, 3.05) is 0 Å². The molecular formula is C25H18F3N2NaO3S. The fraction of sp³-hybridized carbons (Fsp3) is 0.0800. The van der Waals surface area contributed by atoms with Gasteiger partial charge in [0.25, 0.3) is 11.9 Å². The van der Waals surface area contributed by atoms with E-state index in [1.807, 2.05) is 24.3 Å². The summed E-state index contributed by atoms with van der Waals surface area (Å²) in [6.45, 7) is 1.08. The molecule has 0 unspecified atom stereocenters. The SMILES string of the molecule is CC(=O)O.O=C1NC(=Nc2cc[c-]cc2)S/C1=C/c1ccc(-c2ccc(C(F)(F)F)cc2)cc1.[Na+]. The van der Waals surface area contributed by atoms with Crippen molar-refractivity contribution in [3.05, 3.63) is 94.9 Å². The van der Waals surface area contributed by atoms with E-state index in [0.717, 1.165) is 35.9 Å². The number of aliphatic carboxylic acids is 1. The molecule has 0 spiro atoms. The molecule has 2 N–H and O–H groups in total. The number of halogens is 3. The molecule has 1 aliphatic heterocycles. The molecule has 0 bridgehead atoms. The summed E-state index contributed by atoms with van der Waals surface area (Å²) in [7, 11) is 0. The van der Waals surface area contributed by atoms with Crippen molar-refractivity contribution in [3.63, 3.8) is 0 Å². The number of aliphatic imine (C=N–C) groups is 1. The molecule has 1 saturated heterocycles. The molecule has 0 aliphatic carbocycles. The minimum absolute atomic E-state index is 0. The van der Waals surface area contributed by atoms with Crippen molar-refractivity contribution in [2.24, 2.45) is 4.99 Å². The van der Waals surface area contributed by atoms with Crippen LogP contribution in [0.15, 0.2) is 82.7 Å². The maximum absolute atomic E-state index is 12.7. The van der Waals surface area contributed by atoms with Crippen LogP contribution in [0.5, 0.6) is 0 Å². The van der Waals surface area contributed by atoms with Crippen molar-refractivity contribution in [1.82, 2.24) is 5.32 Å². The number of carbonyl (C=O) groups is 2. The monoisotopic (exact) mass is 506 g/mol. The quantitative estimate of drug-likeness (QED) is 0.325. The van der Waals surface area contributed by atoms with E-state index in [1.54, 1.807) is 30.3 Å². The van der Waals surface area contributed by atoms with Gasteiger partial charge < -0.3 is 10.4 Å². The fourth-order valence-electron chi connectivity index (χ4n) is 2.83. The fourth-order valence-corrected chi connectivity index (χ4v) is 3.67. The van der Waals surface area contributed by atoms with Crippen LogP contribution in [0.2, 0.25) is 0 Å². The molecule has 3 aromatic carbocycles. The standard InChI is InChI=1S/C23H14F3N2OS.C2H4O2.Na/c24-23(25,26)18-12-10-17(11-13-18)16-8-6-15(7-9-16)14-20-21(29)28-22(30-20)27-19-4-2-1-3-5-19;1-2(3)4;/h2-14H,(H,27,28,29);1H3,(H,3,4);/q-1;;+1/b20-14+;;. The summed E-state index contributed by atoms with van der Waals surface area (Å²) < 4.78 is 38.1. The number of nitrogens with zero attached hydrogens (tertiary/aromatic N) is 1. The van der Waals surface area contributed by atoms with Crippen LogP contribution in [0.4, 0.5) is 18.9 Å². The molecule has 1 amide bonds. The summed E-state index contributed by atoms with van der Waals surface area (Å²) in [5, 5.41) is 10.6. The van der Waals surface area contributed by atoms with Crippen LogP contribution >= 0.6 is 11.8 Å². The number of amidine groups is 1. The minimum atomic E-state index is -4.35. The first-order valence-electron chi connectivity index (χ1n) is 9.85. The molecule has 0 atom stereocenters. The molecular weight excluding hydrogens is 488 g/mol. The van der Waals surface area contributed by atoms with E-state index < -0.39 is 17.7 Å². The third-order valence-corrected chi connectivity index (χ3v) is 5.25. The predicted molar refractivity (Wildman–Crippen MR) is 126 cm³/mol. The summed E-state index contributed by atoms with van der Waals surface area (Å²) in [6.07, 6.45) is -2.60. The van der Waals surface area contributed by atoms with Crippen LogP contribution in [0.25, 0.3) is 17.2 Å². The zero-order valence-electron chi connectivity index (χ0n) is 18.8. The molecule has 174 valence electrons. The Bertz CT molecular complexity index is 1220. The largest absolute Gasteiger partial charge is 1.00 e. The smallest absolute Gasteiger partial charge is 0.481 e. The summed E-state index contributed by atoms with van der Waals surface area (Å²) in [6, 6.07) is 22.3. The number of carboxylic acids is 1. The van der Waals surface area contributed by atoms with E-state index in [4.69, 9.17) is 9.90 Å². The average Bonchev–Trinajstić information content (AvgIpc) is 3.12. The third-order valence-electron chi connectivity index (χ3n) is 4.34. The van der Waals surface area contributed by atoms with Crippen molar-refractivity contribution in [3.8, 4) is 11.1 Å². The number of carboxylic acid groups (broad SMARTS) is 1. The van der Waals surface area contributed by atoms with Crippen LogP contribution in [0.3, 0.4) is 0 Å². The van der Waals surface area contributed by atoms with Gasteiger partial charge in [-0.1, -0.05) is 36.4 Å². The Labute approximate surface area is 226 Å². The molecule has 35 heavy (non-hydrogen) atoms. The van der Waals surface area contributed by atoms with E-state index in [-0.39, 0.29) is 35.5 Å². The van der Waals surface area contributed by atoms with Gasteiger partial charge in [0.05, 0.1) is 10.5 Å². The Hall–Kier alpha value is -2.85. The van der Waals surface area contributed by atoms with Gasteiger partial charge in [-0.3, -0.25) is 14.6 Å². The van der Waals surface area contributed by atoms with Crippen molar-refractivity contribution >= 4 is 40.6 Å². The molecule has 3 aromatic rings. The Kier molecular flexibility index (Phi) is 10.3. The number of alkyl halides is 3. The average molecular weight is 506 g/mol. The maximum Gasteiger partial charge on any atom is 1.00 e. The van der Waals surface area contributed by atoms with Gasteiger partial charge in [-0.25, -0.2) is 0 Å². The van der Waals surface area contributed by atoms with Gasteiger partial charge in [0.15, 0.2) is 5.17 Å². The predicted octanol–water partition coefficient (Wildman–Crippen LogP) is 3.16. The summed E-state index contributed by atoms with van der Waals surface area (Å²) in [4.78, 5) is 26.1. The number of hydrogen-bond acceptors (Lipinski definition) is 4. The summed E-state index contributed by atoms with van der Waals surface area (Å²) in [5.74, 6) is -1.06. The van der Waals surface area contributed by atoms with Crippen LogP contribution < -0.4 is 34.9 Å². The normalized spacial score (nSPS) is 15.1. The first-order chi connectivity index (χ1) is 16.1. The number of nitrogens with one attached hydrogen (secondary N) is 1. The first kappa shape index (κ1) is 28.4.